The van der Waals surface area contributed by atoms with Gasteiger partial charge >= 0.3 is 5.97 Å². The molecule has 3 fully saturated rings. The number of aliphatic hydroxyl groups excluding tert-OH is 1. The minimum absolute atomic E-state index is 0.0159. The van der Waals surface area contributed by atoms with Gasteiger partial charge < -0.3 is 24.8 Å². The molecular formula is C27H46N2O6. The van der Waals surface area contributed by atoms with E-state index in [4.69, 9.17) is 9.47 Å². The van der Waals surface area contributed by atoms with Gasteiger partial charge in [0.15, 0.2) is 0 Å². The largest absolute Gasteiger partial charge is 0.466 e. The van der Waals surface area contributed by atoms with Gasteiger partial charge in [-0.1, -0.05) is 41.5 Å². The van der Waals surface area contributed by atoms with Gasteiger partial charge in [-0.05, 0) is 57.8 Å². The summed E-state index contributed by atoms with van der Waals surface area (Å²) in [6.07, 6.45) is 2.39. The Morgan fingerprint density at radius 2 is 1.83 bits per heavy atom. The van der Waals surface area contributed by atoms with Gasteiger partial charge in [0, 0.05) is 5.54 Å². The number of rotatable bonds is 9. The Kier molecular flexibility index (Phi) is 7.44. The molecule has 0 aromatic carbocycles. The maximum atomic E-state index is 14.1. The first-order valence-corrected chi connectivity index (χ1v) is 13.2. The monoisotopic (exact) mass is 494 g/mol. The van der Waals surface area contributed by atoms with Crippen LogP contribution in [-0.4, -0.2) is 69.8 Å². The fraction of sp³-hybridized carbons (Fsp3) is 0.889. The van der Waals surface area contributed by atoms with Crippen LogP contribution in [0.3, 0.4) is 0 Å². The zero-order valence-corrected chi connectivity index (χ0v) is 23.1. The molecule has 3 heterocycles. The first-order valence-electron chi connectivity index (χ1n) is 13.2. The third-order valence-corrected chi connectivity index (χ3v) is 8.16. The number of fused-ring (bicyclic) bond motifs is 1. The number of esters is 1. The van der Waals surface area contributed by atoms with Crippen molar-refractivity contribution in [1.82, 2.24) is 10.2 Å². The second-order valence-corrected chi connectivity index (χ2v) is 12.9. The summed E-state index contributed by atoms with van der Waals surface area (Å²) < 4.78 is 12.1. The summed E-state index contributed by atoms with van der Waals surface area (Å²) in [5, 5.41) is 13.5. The molecule has 3 aliphatic rings. The highest BCUT2D eigenvalue weighted by molar-refractivity contribution is 5.99. The first-order chi connectivity index (χ1) is 16.1. The molecule has 3 aliphatic heterocycles. The van der Waals surface area contributed by atoms with Crippen molar-refractivity contribution in [3.8, 4) is 0 Å². The van der Waals surface area contributed by atoms with Crippen LogP contribution in [-0.2, 0) is 23.9 Å². The van der Waals surface area contributed by atoms with Gasteiger partial charge in [0.25, 0.3) is 0 Å². The quantitative estimate of drug-likeness (QED) is 0.478. The molecule has 0 aromatic heterocycles. The lowest BCUT2D eigenvalue weighted by Gasteiger charge is -2.41. The van der Waals surface area contributed by atoms with Crippen molar-refractivity contribution in [3.63, 3.8) is 0 Å². The number of nitrogens with one attached hydrogen (secondary N) is 1. The van der Waals surface area contributed by atoms with E-state index in [1.54, 1.807) is 6.92 Å². The van der Waals surface area contributed by atoms with Gasteiger partial charge in [0.2, 0.25) is 11.8 Å². The Hall–Kier alpha value is -1.67. The van der Waals surface area contributed by atoms with Crippen LogP contribution in [0, 0.1) is 23.2 Å². The van der Waals surface area contributed by atoms with Crippen molar-refractivity contribution < 1.29 is 29.0 Å². The van der Waals surface area contributed by atoms with E-state index in [-0.39, 0.29) is 36.4 Å². The molecule has 6 atom stereocenters. The zero-order valence-electron chi connectivity index (χ0n) is 23.1. The van der Waals surface area contributed by atoms with Crippen LogP contribution in [0.1, 0.15) is 88.0 Å². The van der Waals surface area contributed by atoms with Crippen molar-refractivity contribution in [2.24, 2.45) is 23.2 Å². The summed E-state index contributed by atoms with van der Waals surface area (Å²) in [6.45, 7) is 17.8. The summed E-state index contributed by atoms with van der Waals surface area (Å²) >= 11 is 0. The number of hydrogen-bond acceptors (Lipinski definition) is 6. The smallest absolute Gasteiger partial charge is 0.312 e. The molecule has 2 amide bonds. The van der Waals surface area contributed by atoms with E-state index in [1.807, 2.05) is 34.6 Å². The van der Waals surface area contributed by atoms with Gasteiger partial charge in [-0.15, -0.1) is 0 Å². The number of ether oxygens (including phenoxy) is 2. The average Bonchev–Trinajstić information content (AvgIpc) is 3.30. The van der Waals surface area contributed by atoms with Gasteiger partial charge in [-0.2, -0.15) is 0 Å². The Balaban J connectivity index is 2.10. The van der Waals surface area contributed by atoms with Crippen LogP contribution in [0.25, 0.3) is 0 Å². The van der Waals surface area contributed by atoms with Crippen molar-refractivity contribution in [1.29, 1.82) is 0 Å². The Bertz CT molecular complexity index is 849. The SMILES string of the molecule is CCOC(=O)[C@@H]1[C@H]2C(=O)N([C@@H](CO)C(C)C)C(C(=O)NC(C)(C)CC(C)(C)C)C23CC[C@@]1(CC)O3. The molecule has 3 rings (SSSR count). The van der Waals surface area contributed by atoms with Crippen LogP contribution in [0.2, 0.25) is 0 Å². The fourth-order valence-corrected chi connectivity index (χ4v) is 7.30. The lowest BCUT2D eigenvalue weighted by Crippen LogP contribution is -2.62. The van der Waals surface area contributed by atoms with Crippen LogP contribution in [0.4, 0.5) is 0 Å². The second kappa shape index (κ2) is 9.33. The molecule has 2 bridgehead atoms. The molecule has 35 heavy (non-hydrogen) atoms. The highest BCUT2D eigenvalue weighted by Gasteiger charge is 2.79. The maximum absolute atomic E-state index is 14.1. The molecule has 0 saturated carbocycles. The Labute approximate surface area is 210 Å². The minimum Gasteiger partial charge on any atom is -0.466 e. The van der Waals surface area contributed by atoms with E-state index >= 15 is 0 Å². The molecule has 0 aromatic rings. The Morgan fingerprint density at radius 3 is 2.31 bits per heavy atom. The summed E-state index contributed by atoms with van der Waals surface area (Å²) in [6, 6.07) is -1.49. The van der Waals surface area contributed by atoms with E-state index in [2.05, 4.69) is 26.1 Å². The van der Waals surface area contributed by atoms with Gasteiger partial charge in [0.1, 0.15) is 17.6 Å². The van der Waals surface area contributed by atoms with Crippen LogP contribution >= 0.6 is 0 Å². The van der Waals surface area contributed by atoms with Crippen LogP contribution in [0.15, 0.2) is 0 Å². The van der Waals surface area contributed by atoms with Crippen molar-refractivity contribution >= 4 is 17.8 Å². The van der Waals surface area contributed by atoms with E-state index in [0.29, 0.717) is 19.3 Å². The number of carbonyl (C=O) groups is 3. The summed E-state index contributed by atoms with van der Waals surface area (Å²) in [5.74, 6) is -2.67. The van der Waals surface area contributed by atoms with Crippen molar-refractivity contribution in [2.75, 3.05) is 13.2 Å². The number of amides is 2. The summed E-state index contributed by atoms with van der Waals surface area (Å²) in [5.41, 5.74) is -2.47. The molecule has 8 nitrogen and oxygen atoms in total. The normalized spacial score (nSPS) is 33.3. The summed E-state index contributed by atoms with van der Waals surface area (Å²) in [4.78, 5) is 42.9. The van der Waals surface area contributed by atoms with Crippen LogP contribution in [0.5, 0.6) is 0 Å². The molecule has 2 N–H and O–H groups in total. The molecule has 200 valence electrons. The number of aliphatic hydroxyl groups is 1. The highest BCUT2D eigenvalue weighted by Crippen LogP contribution is 2.64. The lowest BCUT2D eigenvalue weighted by atomic mass is 9.65. The first kappa shape index (κ1) is 27.9. The number of likely N-dealkylation sites (tertiary alicyclic amines) is 1. The minimum atomic E-state index is -1.12. The second-order valence-electron chi connectivity index (χ2n) is 12.9. The standard InChI is InChI=1S/C27H46N2O6/c1-10-26-12-13-27(35-26)18(19(26)23(33)34-11-2)22(32)29(17(14-30)16(3)4)20(27)21(31)28-25(8,9)15-24(5,6)7/h16-20,30H,10-15H2,1-9H3,(H,28,31)/t17-,18-,19-,20?,26+,27?/m0/s1. The van der Waals surface area contributed by atoms with E-state index < -0.39 is 46.6 Å². The Morgan fingerprint density at radius 1 is 1.20 bits per heavy atom. The lowest BCUT2D eigenvalue weighted by molar-refractivity contribution is -0.162. The highest BCUT2D eigenvalue weighted by atomic mass is 16.6. The summed E-state index contributed by atoms with van der Waals surface area (Å²) in [7, 11) is 0. The number of carbonyl (C=O) groups excluding carboxylic acids is 3. The third kappa shape index (κ3) is 4.61. The molecule has 3 saturated heterocycles. The van der Waals surface area contributed by atoms with E-state index in [1.165, 1.54) is 4.90 Å². The zero-order chi connectivity index (χ0) is 26.6. The topological polar surface area (TPSA) is 105 Å². The third-order valence-electron chi connectivity index (χ3n) is 8.16. The predicted octanol–water partition coefficient (Wildman–Crippen LogP) is 3.05. The van der Waals surface area contributed by atoms with E-state index in [9.17, 15) is 19.5 Å². The maximum Gasteiger partial charge on any atom is 0.312 e. The van der Waals surface area contributed by atoms with Crippen molar-refractivity contribution in [2.45, 2.75) is 117 Å². The molecular weight excluding hydrogens is 448 g/mol. The fourth-order valence-electron chi connectivity index (χ4n) is 7.30. The molecule has 0 aliphatic carbocycles. The molecule has 8 heteroatoms. The van der Waals surface area contributed by atoms with Gasteiger partial charge in [-0.25, -0.2) is 0 Å². The van der Waals surface area contributed by atoms with Crippen LogP contribution < -0.4 is 5.32 Å². The molecule has 2 unspecified atom stereocenters. The molecule has 1 spiro atoms. The number of nitrogens with zero attached hydrogens (tertiary/aromatic N) is 1. The predicted molar refractivity (Wildman–Crippen MR) is 132 cm³/mol. The molecule has 0 radical (unpaired) electrons. The number of hydrogen-bond donors (Lipinski definition) is 2. The van der Waals surface area contributed by atoms with E-state index in [0.717, 1.165) is 6.42 Å². The van der Waals surface area contributed by atoms with Crippen molar-refractivity contribution in [3.05, 3.63) is 0 Å². The average molecular weight is 495 g/mol. The van der Waals surface area contributed by atoms with Gasteiger partial charge in [0.05, 0.1) is 30.8 Å². The van der Waals surface area contributed by atoms with Gasteiger partial charge in [-0.3, -0.25) is 14.4 Å².